The average molecular weight is 496 g/mol. The standard InChI is InChI=1S/C25H25N3O6S/c1-32-18-9-7-16(8-10-18)14-28-24(30)23-19(11-12-35-23)27(25(28)31)15-21(29)26-13-17-5-4-6-20(33-2)22(17)34-3/h4-12H,13-15H2,1-3H3,(H,26,29). The zero-order valence-corrected chi connectivity index (χ0v) is 20.4. The van der Waals surface area contributed by atoms with E-state index in [4.69, 9.17) is 14.2 Å². The minimum absolute atomic E-state index is 0.0815. The highest BCUT2D eigenvalue weighted by atomic mass is 32.1. The van der Waals surface area contributed by atoms with Crippen LogP contribution in [-0.4, -0.2) is 36.4 Å². The van der Waals surface area contributed by atoms with Gasteiger partial charge in [-0.25, -0.2) is 4.79 Å². The highest BCUT2D eigenvalue weighted by Gasteiger charge is 2.17. The molecule has 10 heteroatoms. The van der Waals surface area contributed by atoms with E-state index >= 15 is 0 Å². The predicted molar refractivity (Wildman–Crippen MR) is 134 cm³/mol. The zero-order chi connectivity index (χ0) is 24.9. The Morgan fingerprint density at radius 1 is 0.943 bits per heavy atom. The van der Waals surface area contributed by atoms with Crippen molar-refractivity contribution in [1.29, 1.82) is 0 Å². The van der Waals surface area contributed by atoms with Crippen LogP contribution in [0.25, 0.3) is 10.2 Å². The van der Waals surface area contributed by atoms with Gasteiger partial charge in [-0.1, -0.05) is 24.3 Å². The molecule has 0 atom stereocenters. The number of amides is 1. The molecule has 0 bridgehead atoms. The van der Waals surface area contributed by atoms with Gasteiger partial charge in [0.15, 0.2) is 11.5 Å². The molecule has 0 spiro atoms. The number of fused-ring (bicyclic) bond motifs is 1. The van der Waals surface area contributed by atoms with Crippen molar-refractivity contribution in [3.63, 3.8) is 0 Å². The van der Waals surface area contributed by atoms with Crippen molar-refractivity contribution < 1.29 is 19.0 Å². The molecule has 35 heavy (non-hydrogen) atoms. The second-order valence-corrected chi connectivity index (χ2v) is 8.59. The van der Waals surface area contributed by atoms with Crippen LogP contribution in [0, 0.1) is 0 Å². The number of aromatic nitrogens is 2. The fraction of sp³-hybridized carbons (Fsp3) is 0.240. The Morgan fingerprint density at radius 3 is 2.40 bits per heavy atom. The molecule has 2 aromatic carbocycles. The van der Waals surface area contributed by atoms with Crippen LogP contribution in [0.2, 0.25) is 0 Å². The van der Waals surface area contributed by atoms with Crippen molar-refractivity contribution in [2.45, 2.75) is 19.6 Å². The van der Waals surface area contributed by atoms with E-state index in [1.54, 1.807) is 62.1 Å². The smallest absolute Gasteiger partial charge is 0.332 e. The molecule has 9 nitrogen and oxygen atoms in total. The average Bonchev–Trinajstić information content (AvgIpc) is 3.38. The molecule has 1 amide bonds. The summed E-state index contributed by atoms with van der Waals surface area (Å²) in [6, 6.07) is 14.2. The number of methoxy groups -OCH3 is 3. The van der Waals surface area contributed by atoms with Crippen molar-refractivity contribution >= 4 is 27.5 Å². The summed E-state index contributed by atoms with van der Waals surface area (Å²) in [6.07, 6.45) is 0. The van der Waals surface area contributed by atoms with Crippen molar-refractivity contribution in [2.75, 3.05) is 21.3 Å². The van der Waals surface area contributed by atoms with E-state index in [1.165, 1.54) is 23.0 Å². The first kappa shape index (κ1) is 24.1. The molecule has 0 unspecified atom stereocenters. The zero-order valence-electron chi connectivity index (χ0n) is 19.6. The second kappa shape index (κ2) is 10.5. The fourth-order valence-corrected chi connectivity index (χ4v) is 4.67. The predicted octanol–water partition coefficient (Wildman–Crippen LogP) is 2.62. The van der Waals surface area contributed by atoms with Crippen LogP contribution in [0.3, 0.4) is 0 Å². The number of ether oxygens (including phenoxy) is 3. The topological polar surface area (TPSA) is 101 Å². The minimum Gasteiger partial charge on any atom is -0.497 e. The van der Waals surface area contributed by atoms with Crippen LogP contribution < -0.4 is 30.8 Å². The van der Waals surface area contributed by atoms with Gasteiger partial charge in [0.25, 0.3) is 5.56 Å². The number of carbonyl (C=O) groups excluding carboxylic acids is 1. The first-order valence-corrected chi connectivity index (χ1v) is 11.6. The van der Waals surface area contributed by atoms with Crippen LogP contribution in [0.4, 0.5) is 0 Å². The third-order valence-electron chi connectivity index (χ3n) is 5.60. The van der Waals surface area contributed by atoms with Gasteiger partial charge in [0.2, 0.25) is 5.91 Å². The normalized spacial score (nSPS) is 10.8. The maximum Gasteiger partial charge on any atom is 0.332 e. The molecule has 1 N–H and O–H groups in total. The van der Waals surface area contributed by atoms with E-state index in [0.29, 0.717) is 27.5 Å². The number of benzene rings is 2. The summed E-state index contributed by atoms with van der Waals surface area (Å²) in [5.74, 6) is 1.39. The maximum atomic E-state index is 13.3. The number of thiophene rings is 1. The molecular weight excluding hydrogens is 470 g/mol. The second-order valence-electron chi connectivity index (χ2n) is 7.67. The monoisotopic (exact) mass is 495 g/mol. The van der Waals surface area contributed by atoms with Gasteiger partial charge in [-0.15, -0.1) is 11.3 Å². The van der Waals surface area contributed by atoms with Crippen LogP contribution >= 0.6 is 11.3 Å². The number of carbonyl (C=O) groups is 1. The highest BCUT2D eigenvalue weighted by Crippen LogP contribution is 2.30. The van der Waals surface area contributed by atoms with Crippen molar-refractivity contribution in [2.24, 2.45) is 0 Å². The molecule has 0 aliphatic rings. The van der Waals surface area contributed by atoms with E-state index in [2.05, 4.69) is 5.32 Å². The van der Waals surface area contributed by atoms with Crippen molar-refractivity contribution in [3.8, 4) is 17.2 Å². The lowest BCUT2D eigenvalue weighted by atomic mass is 10.2. The van der Waals surface area contributed by atoms with Gasteiger partial charge >= 0.3 is 5.69 Å². The Labute approximate surface area is 205 Å². The third-order valence-corrected chi connectivity index (χ3v) is 6.49. The molecule has 182 valence electrons. The van der Waals surface area contributed by atoms with Gasteiger partial charge in [-0.2, -0.15) is 0 Å². The Hall–Kier alpha value is -4.05. The molecule has 4 rings (SSSR count). The fourth-order valence-electron chi connectivity index (χ4n) is 3.83. The molecule has 2 heterocycles. The Bertz CT molecular complexity index is 1470. The van der Waals surface area contributed by atoms with E-state index in [9.17, 15) is 14.4 Å². The Kier molecular flexibility index (Phi) is 7.21. The Morgan fingerprint density at radius 2 is 1.71 bits per heavy atom. The van der Waals surface area contributed by atoms with E-state index in [-0.39, 0.29) is 31.1 Å². The first-order chi connectivity index (χ1) is 17.0. The molecule has 2 aromatic heterocycles. The summed E-state index contributed by atoms with van der Waals surface area (Å²) >= 11 is 1.24. The van der Waals surface area contributed by atoms with Gasteiger partial charge in [0.1, 0.15) is 17.0 Å². The summed E-state index contributed by atoms with van der Waals surface area (Å²) < 4.78 is 18.8. The number of hydrogen-bond acceptors (Lipinski definition) is 7. The van der Waals surface area contributed by atoms with Crippen LogP contribution in [0.1, 0.15) is 11.1 Å². The summed E-state index contributed by atoms with van der Waals surface area (Å²) in [4.78, 5) is 39.2. The lowest BCUT2D eigenvalue weighted by Crippen LogP contribution is -2.42. The van der Waals surface area contributed by atoms with E-state index in [0.717, 1.165) is 15.7 Å². The minimum atomic E-state index is -0.550. The van der Waals surface area contributed by atoms with Gasteiger partial charge < -0.3 is 19.5 Å². The largest absolute Gasteiger partial charge is 0.497 e. The maximum absolute atomic E-state index is 13.3. The number of hydrogen-bond donors (Lipinski definition) is 1. The molecule has 0 aliphatic carbocycles. The number of nitrogens with zero attached hydrogens (tertiary/aromatic N) is 2. The number of para-hydroxylation sites is 1. The van der Waals surface area contributed by atoms with Crippen LogP contribution in [0.15, 0.2) is 63.5 Å². The number of rotatable bonds is 9. The lowest BCUT2D eigenvalue weighted by Gasteiger charge is -2.14. The molecular formula is C25H25N3O6S. The summed E-state index contributed by atoms with van der Waals surface area (Å²) in [5.41, 5.74) is 1.00. The van der Waals surface area contributed by atoms with E-state index in [1.807, 2.05) is 6.07 Å². The summed E-state index contributed by atoms with van der Waals surface area (Å²) in [5, 5.41) is 4.56. The molecule has 0 saturated carbocycles. The third kappa shape index (κ3) is 4.92. The SMILES string of the molecule is COc1ccc(Cn2c(=O)c3sccc3n(CC(=O)NCc3cccc(OC)c3OC)c2=O)cc1. The summed E-state index contributed by atoms with van der Waals surface area (Å²) in [6.45, 7) is 0.0333. The molecule has 0 radical (unpaired) electrons. The van der Waals surface area contributed by atoms with E-state index < -0.39 is 5.69 Å². The molecule has 0 fully saturated rings. The molecule has 0 saturated heterocycles. The Balaban J connectivity index is 1.60. The summed E-state index contributed by atoms with van der Waals surface area (Å²) in [7, 11) is 4.64. The van der Waals surface area contributed by atoms with Crippen molar-refractivity contribution in [3.05, 3.63) is 85.9 Å². The van der Waals surface area contributed by atoms with Crippen LogP contribution in [-0.2, 0) is 24.4 Å². The van der Waals surface area contributed by atoms with Crippen molar-refractivity contribution in [1.82, 2.24) is 14.5 Å². The highest BCUT2D eigenvalue weighted by molar-refractivity contribution is 7.17. The van der Waals surface area contributed by atoms with Gasteiger partial charge in [0, 0.05) is 12.1 Å². The molecule has 4 aromatic rings. The van der Waals surface area contributed by atoms with Gasteiger partial charge in [-0.3, -0.25) is 18.7 Å². The quantitative estimate of drug-likeness (QED) is 0.383. The first-order valence-electron chi connectivity index (χ1n) is 10.8. The molecule has 0 aliphatic heterocycles. The van der Waals surface area contributed by atoms with Crippen LogP contribution in [0.5, 0.6) is 17.2 Å². The lowest BCUT2D eigenvalue weighted by molar-refractivity contribution is -0.121. The van der Waals surface area contributed by atoms with Gasteiger partial charge in [-0.05, 0) is 35.2 Å². The van der Waals surface area contributed by atoms with Gasteiger partial charge in [0.05, 0.1) is 33.4 Å². The number of nitrogens with one attached hydrogen (secondary N) is 1.